The molecule has 4 N–H and O–H groups in total. The second-order valence-corrected chi connectivity index (χ2v) is 9.91. The number of benzene rings is 2. The highest BCUT2D eigenvalue weighted by Gasteiger charge is 2.26. The van der Waals surface area contributed by atoms with Crippen molar-refractivity contribution in [3.05, 3.63) is 65.5 Å². The molecule has 0 bridgehead atoms. The molecule has 2 aromatic rings. The molecule has 9 heteroatoms. The molecule has 3 rings (SSSR count). The van der Waals surface area contributed by atoms with Gasteiger partial charge in [-0.05, 0) is 47.7 Å². The zero-order valence-corrected chi connectivity index (χ0v) is 18.5. The summed E-state index contributed by atoms with van der Waals surface area (Å²) in [5.74, 6) is -0.183. The first-order valence-electron chi connectivity index (χ1n) is 10.4. The number of nitrogens with one attached hydrogen (secondary N) is 4. The molecule has 0 spiro atoms. The Morgan fingerprint density at radius 2 is 1.90 bits per heavy atom. The molecule has 2 unspecified atom stereocenters. The van der Waals surface area contributed by atoms with Gasteiger partial charge in [0.1, 0.15) is 5.82 Å². The molecule has 168 valence electrons. The fraction of sp³-hybridized carbons (Fsp3) is 0.409. The Morgan fingerprint density at radius 3 is 2.58 bits per heavy atom. The predicted molar refractivity (Wildman–Crippen MR) is 117 cm³/mol. The van der Waals surface area contributed by atoms with Crippen molar-refractivity contribution in [2.24, 2.45) is 5.92 Å². The molecule has 0 saturated carbocycles. The van der Waals surface area contributed by atoms with Gasteiger partial charge in [0.05, 0.1) is 11.1 Å². The summed E-state index contributed by atoms with van der Waals surface area (Å²) in [4.78, 5) is 12.5. The molecule has 1 amide bonds. The summed E-state index contributed by atoms with van der Waals surface area (Å²) in [6.07, 6.45) is 1.13. The number of halogens is 1. The Kier molecular flexibility index (Phi) is 7.77. The average Bonchev–Trinajstić information content (AvgIpc) is 3.20. The van der Waals surface area contributed by atoms with Crippen molar-refractivity contribution >= 4 is 15.9 Å². The van der Waals surface area contributed by atoms with Crippen LogP contribution < -0.4 is 20.9 Å². The van der Waals surface area contributed by atoms with E-state index in [1.807, 2.05) is 19.9 Å². The van der Waals surface area contributed by atoms with E-state index in [1.54, 1.807) is 30.3 Å². The first-order chi connectivity index (χ1) is 14.7. The summed E-state index contributed by atoms with van der Waals surface area (Å²) >= 11 is 0. The smallest absolute Gasteiger partial charge is 0.240 e. The maximum Gasteiger partial charge on any atom is 0.240 e. The molecule has 0 radical (unpaired) electrons. The van der Waals surface area contributed by atoms with Crippen molar-refractivity contribution < 1.29 is 17.6 Å². The zero-order chi connectivity index (χ0) is 22.4. The van der Waals surface area contributed by atoms with Crippen LogP contribution in [0.5, 0.6) is 0 Å². The van der Waals surface area contributed by atoms with E-state index in [-0.39, 0.29) is 41.2 Å². The van der Waals surface area contributed by atoms with Gasteiger partial charge < -0.3 is 5.32 Å². The number of rotatable bonds is 9. The number of hydrogen-bond acceptors (Lipinski definition) is 5. The predicted octanol–water partition coefficient (Wildman–Crippen LogP) is 2.37. The fourth-order valence-electron chi connectivity index (χ4n) is 3.31. The van der Waals surface area contributed by atoms with Crippen molar-refractivity contribution in [3.8, 4) is 0 Å². The lowest BCUT2D eigenvalue weighted by atomic mass is 10.0. The molecule has 1 aliphatic heterocycles. The Bertz CT molecular complexity index is 996. The van der Waals surface area contributed by atoms with Crippen LogP contribution in [0.3, 0.4) is 0 Å². The van der Waals surface area contributed by atoms with Crippen LogP contribution in [-0.4, -0.2) is 27.0 Å². The zero-order valence-electron chi connectivity index (χ0n) is 17.7. The number of carbonyl (C=O) groups is 1. The van der Waals surface area contributed by atoms with E-state index in [0.29, 0.717) is 19.4 Å². The van der Waals surface area contributed by atoms with Crippen LogP contribution in [0, 0.1) is 11.7 Å². The van der Waals surface area contributed by atoms with Gasteiger partial charge >= 0.3 is 0 Å². The second-order valence-electron chi connectivity index (χ2n) is 8.14. The highest BCUT2D eigenvalue weighted by molar-refractivity contribution is 7.89. The van der Waals surface area contributed by atoms with E-state index in [1.165, 1.54) is 12.1 Å². The topological polar surface area (TPSA) is 99.3 Å². The lowest BCUT2D eigenvalue weighted by molar-refractivity contribution is -0.121. The highest BCUT2D eigenvalue weighted by Crippen LogP contribution is 2.22. The lowest BCUT2D eigenvalue weighted by Crippen LogP contribution is -2.44. The van der Waals surface area contributed by atoms with Gasteiger partial charge in [-0.1, -0.05) is 38.1 Å². The summed E-state index contributed by atoms with van der Waals surface area (Å²) in [6, 6.07) is 12.9. The quantitative estimate of drug-likeness (QED) is 0.472. The van der Waals surface area contributed by atoms with E-state index in [2.05, 4.69) is 20.9 Å². The highest BCUT2D eigenvalue weighted by atomic mass is 32.2. The van der Waals surface area contributed by atoms with E-state index in [0.717, 1.165) is 11.1 Å². The Hall–Kier alpha value is -2.33. The summed E-state index contributed by atoms with van der Waals surface area (Å²) in [5.41, 5.74) is 7.80. The van der Waals surface area contributed by atoms with Gasteiger partial charge in [0.15, 0.2) is 0 Å². The first-order valence-corrected chi connectivity index (χ1v) is 11.9. The van der Waals surface area contributed by atoms with E-state index < -0.39 is 10.0 Å². The van der Waals surface area contributed by atoms with Crippen LogP contribution in [0.1, 0.15) is 43.9 Å². The van der Waals surface area contributed by atoms with Gasteiger partial charge in [-0.2, -0.15) is 0 Å². The molecule has 2 aromatic carbocycles. The van der Waals surface area contributed by atoms with Crippen molar-refractivity contribution in [2.45, 2.75) is 50.2 Å². The standard InChI is InChI=1S/C22H29FN4O3S/c1-15(2)14-24-31(29,30)19-9-6-16(7-10-19)8-11-22(28)25-21-13-20(26-27-21)17-4-3-5-18(23)12-17/h3-7,9-10,12,15,20-21,24,26-27H,8,11,13-14H2,1-2H3,(H,25,28). The van der Waals surface area contributed by atoms with Gasteiger partial charge in [0.25, 0.3) is 0 Å². The fourth-order valence-corrected chi connectivity index (χ4v) is 4.53. The third kappa shape index (κ3) is 6.83. The van der Waals surface area contributed by atoms with Crippen LogP contribution in [0.15, 0.2) is 53.4 Å². The molecular formula is C22H29FN4O3S. The SMILES string of the molecule is CC(C)CNS(=O)(=O)c1ccc(CCC(=O)NC2CC(c3cccc(F)c3)NN2)cc1. The minimum atomic E-state index is -3.52. The Labute approximate surface area is 182 Å². The second kappa shape index (κ2) is 10.3. The van der Waals surface area contributed by atoms with E-state index >= 15 is 0 Å². The maximum atomic E-state index is 13.4. The third-order valence-electron chi connectivity index (χ3n) is 5.05. The van der Waals surface area contributed by atoms with Crippen LogP contribution in [0.25, 0.3) is 0 Å². The summed E-state index contributed by atoms with van der Waals surface area (Å²) in [6.45, 7) is 4.26. The molecule has 1 fully saturated rings. The van der Waals surface area contributed by atoms with E-state index in [9.17, 15) is 17.6 Å². The molecule has 7 nitrogen and oxygen atoms in total. The van der Waals surface area contributed by atoms with Gasteiger partial charge in [0, 0.05) is 25.4 Å². The lowest BCUT2D eigenvalue weighted by Gasteiger charge is -2.12. The summed E-state index contributed by atoms with van der Waals surface area (Å²) in [5, 5.41) is 2.91. The number of hydrogen-bond donors (Lipinski definition) is 4. The molecule has 2 atom stereocenters. The Morgan fingerprint density at radius 1 is 1.16 bits per heavy atom. The molecular weight excluding hydrogens is 419 g/mol. The summed E-state index contributed by atoms with van der Waals surface area (Å²) in [7, 11) is -3.52. The molecule has 0 aliphatic carbocycles. The normalized spacial score (nSPS) is 19.0. The van der Waals surface area contributed by atoms with Gasteiger partial charge in [-0.15, -0.1) is 0 Å². The molecule has 31 heavy (non-hydrogen) atoms. The van der Waals surface area contributed by atoms with Crippen molar-refractivity contribution in [1.82, 2.24) is 20.9 Å². The summed E-state index contributed by atoms with van der Waals surface area (Å²) < 4.78 is 40.5. The van der Waals surface area contributed by atoms with Crippen LogP contribution >= 0.6 is 0 Å². The maximum absolute atomic E-state index is 13.4. The Balaban J connectivity index is 1.46. The monoisotopic (exact) mass is 448 g/mol. The van der Waals surface area contributed by atoms with E-state index in [4.69, 9.17) is 0 Å². The molecule has 0 aromatic heterocycles. The van der Waals surface area contributed by atoms with Crippen molar-refractivity contribution in [1.29, 1.82) is 0 Å². The molecule has 1 heterocycles. The largest absolute Gasteiger partial charge is 0.339 e. The van der Waals surface area contributed by atoms with Gasteiger partial charge in [0.2, 0.25) is 15.9 Å². The van der Waals surface area contributed by atoms with Crippen molar-refractivity contribution in [2.75, 3.05) is 6.54 Å². The number of aryl methyl sites for hydroxylation is 1. The van der Waals surface area contributed by atoms with Crippen LogP contribution in [0.2, 0.25) is 0 Å². The van der Waals surface area contributed by atoms with Crippen LogP contribution in [-0.2, 0) is 21.2 Å². The van der Waals surface area contributed by atoms with Crippen molar-refractivity contribution in [3.63, 3.8) is 0 Å². The molecule has 1 aliphatic rings. The van der Waals surface area contributed by atoms with Gasteiger partial charge in [-0.25, -0.2) is 28.4 Å². The number of amides is 1. The third-order valence-corrected chi connectivity index (χ3v) is 6.48. The molecule has 1 saturated heterocycles. The van der Waals surface area contributed by atoms with Crippen LogP contribution in [0.4, 0.5) is 4.39 Å². The number of sulfonamides is 1. The minimum Gasteiger partial charge on any atom is -0.339 e. The average molecular weight is 449 g/mol. The number of carbonyl (C=O) groups excluding carboxylic acids is 1. The minimum absolute atomic E-state index is 0.0835. The van der Waals surface area contributed by atoms with Gasteiger partial charge in [-0.3, -0.25) is 4.79 Å². The number of hydrazine groups is 1. The first kappa shape index (κ1) is 23.3.